The lowest BCUT2D eigenvalue weighted by Gasteiger charge is -1.98. The van der Waals surface area contributed by atoms with Crippen molar-refractivity contribution in [2.75, 3.05) is 6.26 Å². The van der Waals surface area contributed by atoms with E-state index >= 15 is 0 Å². The van der Waals surface area contributed by atoms with Gasteiger partial charge in [-0.25, -0.2) is 4.98 Å². The van der Waals surface area contributed by atoms with Gasteiger partial charge >= 0.3 is 0 Å². The fraction of sp³-hybridized carbons (Fsp3) is 0.182. The molecule has 0 saturated carbocycles. The second kappa shape index (κ2) is 4.15. The van der Waals surface area contributed by atoms with E-state index in [9.17, 15) is 0 Å². The molecule has 0 spiro atoms. The van der Waals surface area contributed by atoms with Gasteiger partial charge in [0.2, 0.25) is 0 Å². The zero-order valence-electron chi connectivity index (χ0n) is 8.15. The predicted octanol–water partition coefficient (Wildman–Crippen LogP) is 3.84. The third-order valence-electron chi connectivity index (χ3n) is 2.00. The lowest BCUT2D eigenvalue weighted by atomic mass is 10.2. The zero-order valence-corrected chi connectivity index (χ0v) is 9.78. The Morgan fingerprint density at radius 2 is 1.93 bits per heavy atom. The van der Waals surface area contributed by atoms with E-state index in [1.54, 1.807) is 23.1 Å². The Kier molecular flexibility index (Phi) is 2.89. The van der Waals surface area contributed by atoms with Crippen LogP contribution in [-0.4, -0.2) is 11.2 Å². The standard InChI is InChI=1S/C11H11NS2/c1-8-12-7-11(14-8)9-3-5-10(13-2)6-4-9/h3-7H,1-2H3. The molecular weight excluding hydrogens is 210 g/mol. The van der Waals surface area contributed by atoms with Crippen LogP contribution >= 0.6 is 23.1 Å². The number of hydrogen-bond acceptors (Lipinski definition) is 3. The maximum Gasteiger partial charge on any atom is 0.0900 e. The summed E-state index contributed by atoms with van der Waals surface area (Å²) < 4.78 is 0. The van der Waals surface area contributed by atoms with Crippen LogP contribution in [0.5, 0.6) is 0 Å². The Morgan fingerprint density at radius 3 is 2.43 bits per heavy atom. The molecule has 0 atom stereocenters. The first-order valence-electron chi connectivity index (χ1n) is 4.36. The first-order valence-corrected chi connectivity index (χ1v) is 6.40. The second-order valence-electron chi connectivity index (χ2n) is 2.97. The molecule has 3 heteroatoms. The minimum Gasteiger partial charge on any atom is -0.249 e. The van der Waals surface area contributed by atoms with E-state index in [1.807, 2.05) is 13.1 Å². The molecule has 1 aromatic heterocycles. The van der Waals surface area contributed by atoms with E-state index in [4.69, 9.17) is 0 Å². The molecule has 0 radical (unpaired) electrons. The minimum atomic E-state index is 1.12. The average molecular weight is 221 g/mol. The van der Waals surface area contributed by atoms with Crippen LogP contribution in [0.4, 0.5) is 0 Å². The van der Waals surface area contributed by atoms with Crippen molar-refractivity contribution >= 4 is 23.1 Å². The highest BCUT2D eigenvalue weighted by atomic mass is 32.2. The summed E-state index contributed by atoms with van der Waals surface area (Å²) in [5, 5.41) is 1.12. The van der Waals surface area contributed by atoms with Gasteiger partial charge in [-0.2, -0.15) is 0 Å². The number of hydrogen-bond donors (Lipinski definition) is 0. The minimum absolute atomic E-state index is 1.12. The molecule has 1 heterocycles. The molecule has 2 rings (SSSR count). The molecule has 0 N–H and O–H groups in total. The molecule has 0 aliphatic rings. The topological polar surface area (TPSA) is 12.9 Å². The highest BCUT2D eigenvalue weighted by Gasteiger charge is 2.00. The number of thioether (sulfide) groups is 1. The van der Waals surface area contributed by atoms with E-state index < -0.39 is 0 Å². The lowest BCUT2D eigenvalue weighted by molar-refractivity contribution is 1.30. The maximum atomic E-state index is 4.25. The molecule has 0 fully saturated rings. The van der Waals surface area contributed by atoms with Crippen LogP contribution in [0, 0.1) is 6.92 Å². The normalized spacial score (nSPS) is 10.4. The van der Waals surface area contributed by atoms with Gasteiger partial charge in [0, 0.05) is 11.1 Å². The van der Waals surface area contributed by atoms with Crippen molar-refractivity contribution in [3.63, 3.8) is 0 Å². The summed E-state index contributed by atoms with van der Waals surface area (Å²) in [5.41, 5.74) is 1.26. The molecule has 0 bridgehead atoms. The molecule has 14 heavy (non-hydrogen) atoms. The Morgan fingerprint density at radius 1 is 1.21 bits per heavy atom. The Hall–Kier alpha value is -0.800. The van der Waals surface area contributed by atoms with Crippen molar-refractivity contribution < 1.29 is 0 Å². The van der Waals surface area contributed by atoms with Crippen molar-refractivity contribution in [1.29, 1.82) is 0 Å². The van der Waals surface area contributed by atoms with Gasteiger partial charge in [0.25, 0.3) is 0 Å². The van der Waals surface area contributed by atoms with Crippen LogP contribution in [0.3, 0.4) is 0 Å². The number of benzene rings is 1. The molecule has 0 unspecified atom stereocenters. The molecule has 72 valence electrons. The summed E-state index contributed by atoms with van der Waals surface area (Å²) in [6.45, 7) is 2.03. The lowest BCUT2D eigenvalue weighted by Crippen LogP contribution is -1.72. The van der Waals surface area contributed by atoms with Gasteiger partial charge in [-0.3, -0.25) is 0 Å². The van der Waals surface area contributed by atoms with Crippen molar-refractivity contribution in [2.45, 2.75) is 11.8 Å². The van der Waals surface area contributed by atoms with E-state index in [0.29, 0.717) is 0 Å². The summed E-state index contributed by atoms with van der Waals surface area (Å²) in [4.78, 5) is 6.80. The van der Waals surface area contributed by atoms with Crippen LogP contribution in [0.1, 0.15) is 5.01 Å². The van der Waals surface area contributed by atoms with Gasteiger partial charge in [-0.05, 0) is 30.9 Å². The first-order chi connectivity index (χ1) is 6.79. The average Bonchev–Trinajstić information content (AvgIpc) is 2.65. The van der Waals surface area contributed by atoms with Crippen molar-refractivity contribution in [3.05, 3.63) is 35.5 Å². The summed E-state index contributed by atoms with van der Waals surface area (Å²) in [5.74, 6) is 0. The molecule has 0 aliphatic carbocycles. The number of rotatable bonds is 2. The van der Waals surface area contributed by atoms with E-state index in [0.717, 1.165) is 5.01 Å². The number of nitrogens with zero attached hydrogens (tertiary/aromatic N) is 1. The zero-order chi connectivity index (χ0) is 9.97. The fourth-order valence-corrected chi connectivity index (χ4v) is 2.44. The Labute approximate surface area is 92.2 Å². The highest BCUT2D eigenvalue weighted by molar-refractivity contribution is 7.98. The van der Waals surface area contributed by atoms with Crippen LogP contribution < -0.4 is 0 Å². The molecule has 0 saturated heterocycles. The van der Waals surface area contributed by atoms with Crippen LogP contribution in [-0.2, 0) is 0 Å². The predicted molar refractivity (Wildman–Crippen MR) is 64.1 cm³/mol. The quantitative estimate of drug-likeness (QED) is 0.715. The van der Waals surface area contributed by atoms with E-state index in [2.05, 4.69) is 35.5 Å². The van der Waals surface area contributed by atoms with Crippen molar-refractivity contribution in [1.82, 2.24) is 4.98 Å². The van der Waals surface area contributed by atoms with Gasteiger partial charge in [-0.15, -0.1) is 23.1 Å². The first kappa shape index (κ1) is 9.74. The van der Waals surface area contributed by atoms with Crippen molar-refractivity contribution in [2.24, 2.45) is 0 Å². The Bertz CT molecular complexity index is 417. The summed E-state index contributed by atoms with van der Waals surface area (Å²) in [7, 11) is 0. The summed E-state index contributed by atoms with van der Waals surface area (Å²) >= 11 is 3.50. The third kappa shape index (κ3) is 1.99. The molecule has 2 aromatic rings. The van der Waals surface area contributed by atoms with Gasteiger partial charge in [0.1, 0.15) is 0 Å². The smallest absolute Gasteiger partial charge is 0.0900 e. The van der Waals surface area contributed by atoms with Gasteiger partial charge in [0.05, 0.1) is 9.88 Å². The molecule has 0 amide bonds. The SMILES string of the molecule is CSc1ccc(-c2cnc(C)s2)cc1. The van der Waals surface area contributed by atoms with Crippen LogP contribution in [0.15, 0.2) is 35.4 Å². The van der Waals surface area contributed by atoms with E-state index in [1.165, 1.54) is 15.3 Å². The van der Waals surface area contributed by atoms with Gasteiger partial charge in [-0.1, -0.05) is 12.1 Å². The van der Waals surface area contributed by atoms with Gasteiger partial charge < -0.3 is 0 Å². The van der Waals surface area contributed by atoms with E-state index in [-0.39, 0.29) is 0 Å². The summed E-state index contributed by atoms with van der Waals surface area (Å²) in [6, 6.07) is 8.60. The van der Waals surface area contributed by atoms with Crippen LogP contribution in [0.2, 0.25) is 0 Å². The fourth-order valence-electron chi connectivity index (χ4n) is 1.25. The Balaban J connectivity index is 2.33. The van der Waals surface area contributed by atoms with Crippen molar-refractivity contribution in [3.8, 4) is 10.4 Å². The largest absolute Gasteiger partial charge is 0.249 e. The highest BCUT2D eigenvalue weighted by Crippen LogP contribution is 2.27. The second-order valence-corrected chi connectivity index (χ2v) is 5.09. The molecule has 0 aliphatic heterocycles. The molecule has 1 aromatic carbocycles. The number of thiazole rings is 1. The third-order valence-corrected chi connectivity index (χ3v) is 3.70. The molecule has 1 nitrogen and oxygen atoms in total. The maximum absolute atomic E-state index is 4.25. The molecular formula is C11H11NS2. The van der Waals surface area contributed by atoms with Gasteiger partial charge in [0.15, 0.2) is 0 Å². The summed E-state index contributed by atoms with van der Waals surface area (Å²) in [6.07, 6.45) is 4.03. The monoisotopic (exact) mass is 221 g/mol. The number of aryl methyl sites for hydroxylation is 1. The van der Waals surface area contributed by atoms with Crippen LogP contribution in [0.25, 0.3) is 10.4 Å². The number of aromatic nitrogens is 1.